The van der Waals surface area contributed by atoms with Crippen molar-refractivity contribution in [3.63, 3.8) is 0 Å². The van der Waals surface area contributed by atoms with Crippen LogP contribution in [0.4, 0.5) is 0 Å². The van der Waals surface area contributed by atoms with Crippen LogP contribution < -0.4 is 90.6 Å². The van der Waals surface area contributed by atoms with E-state index in [0.29, 0.717) is 98.3 Å². The Morgan fingerprint density at radius 3 is 0.725 bits per heavy atom. The molecule has 0 unspecified atom stereocenters. The average molecular weight is 1080 g/mol. The third-order valence-corrected chi connectivity index (χ3v) is 15.5. The van der Waals surface area contributed by atoms with Gasteiger partial charge in [-0.05, 0) is 135 Å². The second-order valence-electron chi connectivity index (χ2n) is 22.4. The summed E-state index contributed by atoms with van der Waals surface area (Å²) in [5.74, 6) is -1.04. The molecule has 8 aromatic rings. The van der Waals surface area contributed by atoms with Crippen LogP contribution in [0.5, 0.6) is 0 Å². The fourth-order valence-electron chi connectivity index (χ4n) is 11.3. The molecule has 80 heavy (non-hydrogen) atoms. The van der Waals surface area contributed by atoms with Gasteiger partial charge in [-0.25, -0.2) is 0 Å². The Morgan fingerprint density at radius 2 is 0.537 bits per heavy atom. The molecule has 15 rings (SSSR count). The standard InChI is InChI=1S/C70H76N4O4.2Na/c1-43(2)63-33-64(44(3)4)56-31-55(63)39-71-35-47-15-23-51(24-16-47)59-11-9-12-61(67(59)69(75)76)53-27-19-49(20-28-53)37-73-41-57-32-58(66(46(7)8)34-65(57)45(5)6)42-74-38-50-21-29-54(30-22-50)62-14-10-13-60(68(62)70(77)78)52-25-17-48(18-26-52)36-72-40-56;;/h9-34,43-46,71-74H,35-42H2,1-8H3,(H,75,76)(H,77,78);;/q;2*+1/p-2. The van der Waals surface area contributed by atoms with Crippen molar-refractivity contribution >= 4 is 11.9 Å². The van der Waals surface area contributed by atoms with Crippen molar-refractivity contribution in [2.24, 2.45) is 0 Å². The van der Waals surface area contributed by atoms with Gasteiger partial charge in [0, 0.05) is 63.5 Å². The Hall–Kier alpha value is -5.46. The summed E-state index contributed by atoms with van der Waals surface area (Å²) in [6.45, 7) is 23.3. The first-order valence-electron chi connectivity index (χ1n) is 27.8. The number of rotatable bonds is 6. The fraction of sp³-hybridized carbons (Fsp3) is 0.286. The van der Waals surface area contributed by atoms with Crippen LogP contribution in [-0.2, 0) is 52.4 Å². The Kier molecular flexibility index (Phi) is 22.1. The maximum atomic E-state index is 13.0. The summed E-state index contributed by atoms with van der Waals surface area (Å²) in [6.07, 6.45) is 0. The zero-order valence-corrected chi connectivity index (χ0v) is 52.6. The molecule has 0 saturated heterocycles. The van der Waals surface area contributed by atoms with Gasteiger partial charge in [-0.15, -0.1) is 0 Å². The quantitative estimate of drug-likeness (QED) is 0.131. The van der Waals surface area contributed by atoms with E-state index >= 15 is 0 Å². The Balaban J connectivity index is 0.00000462. The zero-order chi connectivity index (χ0) is 55.0. The Bertz CT molecular complexity index is 2980. The summed E-state index contributed by atoms with van der Waals surface area (Å²) in [5, 5.41) is 40.8. The maximum Gasteiger partial charge on any atom is 1.00 e. The minimum atomic E-state index is -1.20. The van der Waals surface area contributed by atoms with E-state index in [2.05, 4.69) is 149 Å². The molecule has 7 aliphatic heterocycles. The predicted octanol–water partition coefficient (Wildman–Crippen LogP) is 7.06. The summed E-state index contributed by atoms with van der Waals surface area (Å²) in [5.41, 5.74) is 20.9. The van der Waals surface area contributed by atoms with E-state index in [1.165, 1.54) is 44.5 Å². The Morgan fingerprint density at radius 1 is 0.325 bits per heavy atom. The summed E-state index contributed by atoms with van der Waals surface area (Å²) in [7, 11) is 0. The second-order valence-corrected chi connectivity index (χ2v) is 22.4. The van der Waals surface area contributed by atoms with E-state index in [4.69, 9.17) is 0 Å². The largest absolute Gasteiger partial charge is 1.00 e. The number of hydrogen-bond donors (Lipinski definition) is 4. The van der Waals surface area contributed by atoms with E-state index in [9.17, 15) is 19.8 Å². The normalized spacial score (nSPS) is 13.3. The first-order valence-corrected chi connectivity index (χ1v) is 27.8. The van der Waals surface area contributed by atoms with Crippen LogP contribution in [0.1, 0.15) is 167 Å². The molecule has 0 atom stereocenters. The topological polar surface area (TPSA) is 128 Å². The predicted molar refractivity (Wildman–Crippen MR) is 315 cm³/mol. The number of aromatic carboxylic acids is 2. The molecule has 16 bridgehead atoms. The number of carbonyl (C=O) groups excluding carboxylic acids is 2. The van der Waals surface area contributed by atoms with Gasteiger partial charge in [0.25, 0.3) is 0 Å². The number of hydrogen-bond acceptors (Lipinski definition) is 8. The molecular weight excluding hydrogens is 1010 g/mol. The van der Waals surface area contributed by atoms with Gasteiger partial charge >= 0.3 is 59.1 Å². The van der Waals surface area contributed by atoms with Gasteiger partial charge in [0.2, 0.25) is 0 Å². The third kappa shape index (κ3) is 14.8. The molecule has 0 spiro atoms. The van der Waals surface area contributed by atoms with Gasteiger partial charge in [-0.1, -0.05) is 213 Å². The zero-order valence-electron chi connectivity index (χ0n) is 48.6. The number of carboxylic acid groups (broad SMARTS) is 2. The van der Waals surface area contributed by atoms with E-state index in [-0.39, 0.29) is 70.2 Å². The van der Waals surface area contributed by atoms with Crippen molar-refractivity contribution in [2.45, 2.75) is 131 Å². The monoisotopic (exact) mass is 1080 g/mol. The first-order chi connectivity index (χ1) is 37.6. The first kappa shape index (κ1) is 62.1. The van der Waals surface area contributed by atoms with Crippen LogP contribution in [-0.4, -0.2) is 11.9 Å². The molecule has 7 aliphatic rings. The van der Waals surface area contributed by atoms with Gasteiger partial charge in [0.15, 0.2) is 0 Å². The van der Waals surface area contributed by atoms with Gasteiger partial charge in [-0.3, -0.25) is 0 Å². The van der Waals surface area contributed by atoms with Gasteiger partial charge < -0.3 is 41.1 Å². The number of carbonyl (C=O) groups is 2. The van der Waals surface area contributed by atoms with E-state index in [1.54, 1.807) is 0 Å². The molecular formula is C70H74N4Na2O4. The molecule has 0 fully saturated rings. The van der Waals surface area contributed by atoms with Crippen molar-refractivity contribution in [1.82, 2.24) is 21.3 Å². The summed E-state index contributed by atoms with van der Waals surface area (Å²) in [4.78, 5) is 25.9. The van der Waals surface area contributed by atoms with E-state index in [1.807, 2.05) is 84.9 Å². The van der Waals surface area contributed by atoms with Crippen molar-refractivity contribution in [1.29, 1.82) is 0 Å². The molecule has 7 heterocycles. The average Bonchev–Trinajstić information content (AvgIpc) is 3.43. The number of nitrogens with one attached hydrogen (secondary N) is 4. The molecule has 0 aliphatic carbocycles. The van der Waals surface area contributed by atoms with Crippen LogP contribution in [0.3, 0.4) is 0 Å². The number of carboxylic acids is 2. The van der Waals surface area contributed by atoms with Crippen LogP contribution in [0, 0.1) is 0 Å². The van der Waals surface area contributed by atoms with Crippen LogP contribution in [0.15, 0.2) is 158 Å². The molecule has 4 N–H and O–H groups in total. The van der Waals surface area contributed by atoms with Crippen molar-refractivity contribution in [2.75, 3.05) is 0 Å². The minimum absolute atomic E-state index is 0. The third-order valence-electron chi connectivity index (χ3n) is 15.5. The molecule has 8 nitrogen and oxygen atoms in total. The Labute approximate surface area is 519 Å². The molecule has 0 saturated carbocycles. The summed E-state index contributed by atoms with van der Waals surface area (Å²) < 4.78 is 0. The molecule has 0 radical (unpaired) electrons. The maximum absolute atomic E-state index is 13.0. The van der Waals surface area contributed by atoms with Crippen LogP contribution >= 0.6 is 0 Å². The van der Waals surface area contributed by atoms with E-state index < -0.39 is 11.9 Å². The second kappa shape index (κ2) is 28.5. The van der Waals surface area contributed by atoms with Crippen molar-refractivity contribution < 1.29 is 78.9 Å². The van der Waals surface area contributed by atoms with Gasteiger partial charge in [0.05, 0.1) is 11.9 Å². The fourth-order valence-corrected chi connectivity index (χ4v) is 11.3. The molecule has 400 valence electrons. The molecule has 0 aromatic heterocycles. The summed E-state index contributed by atoms with van der Waals surface area (Å²) >= 11 is 0. The number of benzene rings is 8. The smallest absolute Gasteiger partial charge is 0.545 e. The molecule has 8 aromatic carbocycles. The summed E-state index contributed by atoms with van der Waals surface area (Å²) in [6, 6.07) is 53.4. The van der Waals surface area contributed by atoms with Gasteiger partial charge in [-0.2, -0.15) is 0 Å². The van der Waals surface area contributed by atoms with Gasteiger partial charge in [0.1, 0.15) is 0 Å². The van der Waals surface area contributed by atoms with Crippen molar-refractivity contribution in [3.05, 3.63) is 236 Å². The van der Waals surface area contributed by atoms with E-state index in [0.717, 1.165) is 44.5 Å². The van der Waals surface area contributed by atoms with Crippen molar-refractivity contribution in [3.8, 4) is 44.5 Å². The minimum Gasteiger partial charge on any atom is -0.545 e. The van der Waals surface area contributed by atoms with Crippen LogP contribution in [0.2, 0.25) is 0 Å². The SMILES string of the molecule is CC(C)c1cc(C(C)C)c2cc1CNCc1ccc(cc1)-c1cccc(c1C(=O)[O-])-c1ccc(cc1)CNCc1cc(c(C(C)C)cc1C(C)C)CNCc1ccc(cc1)-c1cccc(c1C(=O)[O-])-c1ccc(cc1)CNC2.[Na+].[Na+]. The molecule has 10 heteroatoms. The van der Waals surface area contributed by atoms with Crippen LogP contribution in [0.25, 0.3) is 44.5 Å². The molecule has 0 amide bonds.